The van der Waals surface area contributed by atoms with Crippen LogP contribution in [0.2, 0.25) is 5.02 Å². The van der Waals surface area contributed by atoms with Crippen molar-refractivity contribution in [2.75, 3.05) is 5.32 Å². The normalized spacial score (nSPS) is 14.5. The van der Waals surface area contributed by atoms with Crippen molar-refractivity contribution in [3.05, 3.63) is 70.9 Å². The summed E-state index contributed by atoms with van der Waals surface area (Å²) < 4.78 is 5.44. The van der Waals surface area contributed by atoms with Gasteiger partial charge >= 0.3 is 0 Å². The molecule has 6 heteroatoms. The molecule has 0 spiro atoms. The third-order valence-electron chi connectivity index (χ3n) is 4.61. The summed E-state index contributed by atoms with van der Waals surface area (Å²) >= 11 is 5.91. The SMILES string of the molecule is N#Cc1ccccc1NC(=O)C1(c2cc(-c3ccc(Cl)cc3)on2)CC1. The predicted molar refractivity (Wildman–Crippen MR) is 97.6 cm³/mol. The molecule has 3 aromatic rings. The van der Waals surface area contributed by atoms with Crippen LogP contribution in [-0.2, 0) is 10.2 Å². The van der Waals surface area contributed by atoms with Crippen molar-refractivity contribution >= 4 is 23.2 Å². The molecule has 0 radical (unpaired) electrons. The highest BCUT2D eigenvalue weighted by Gasteiger charge is 2.54. The molecule has 1 aromatic heterocycles. The van der Waals surface area contributed by atoms with E-state index in [0.29, 0.717) is 40.6 Å². The first-order chi connectivity index (χ1) is 12.6. The van der Waals surface area contributed by atoms with E-state index >= 15 is 0 Å². The van der Waals surface area contributed by atoms with Crippen LogP contribution in [0, 0.1) is 11.3 Å². The van der Waals surface area contributed by atoms with E-state index in [0.717, 1.165) is 5.56 Å². The van der Waals surface area contributed by atoms with Crippen molar-refractivity contribution in [2.45, 2.75) is 18.3 Å². The third kappa shape index (κ3) is 2.85. The molecule has 1 amide bonds. The molecule has 0 atom stereocenters. The lowest BCUT2D eigenvalue weighted by molar-refractivity contribution is -0.118. The Morgan fingerprint density at radius 3 is 2.62 bits per heavy atom. The second kappa shape index (κ2) is 6.32. The molecule has 1 fully saturated rings. The molecule has 128 valence electrons. The zero-order valence-electron chi connectivity index (χ0n) is 13.7. The zero-order valence-corrected chi connectivity index (χ0v) is 14.5. The van der Waals surface area contributed by atoms with E-state index in [1.807, 2.05) is 12.1 Å². The van der Waals surface area contributed by atoms with Crippen molar-refractivity contribution in [3.63, 3.8) is 0 Å². The van der Waals surface area contributed by atoms with Crippen molar-refractivity contribution in [1.29, 1.82) is 5.26 Å². The topological polar surface area (TPSA) is 78.9 Å². The van der Waals surface area contributed by atoms with Crippen molar-refractivity contribution in [1.82, 2.24) is 5.16 Å². The van der Waals surface area contributed by atoms with Crippen LogP contribution in [0.1, 0.15) is 24.1 Å². The van der Waals surface area contributed by atoms with E-state index < -0.39 is 5.41 Å². The summed E-state index contributed by atoms with van der Waals surface area (Å²) in [7, 11) is 0. The first-order valence-electron chi connectivity index (χ1n) is 8.16. The van der Waals surface area contributed by atoms with Gasteiger partial charge in [-0.3, -0.25) is 4.79 Å². The number of anilines is 1. The number of carbonyl (C=O) groups excluding carboxylic acids is 1. The quantitative estimate of drug-likeness (QED) is 0.738. The molecular formula is C20H14ClN3O2. The number of halogens is 1. The summed E-state index contributed by atoms with van der Waals surface area (Å²) in [6.07, 6.45) is 1.39. The number of benzene rings is 2. The van der Waals surface area contributed by atoms with Gasteiger partial charge in [0.1, 0.15) is 6.07 Å². The largest absolute Gasteiger partial charge is 0.356 e. The van der Waals surface area contributed by atoms with Gasteiger partial charge in [-0.25, -0.2) is 0 Å². The molecule has 26 heavy (non-hydrogen) atoms. The van der Waals surface area contributed by atoms with Crippen LogP contribution in [-0.4, -0.2) is 11.1 Å². The monoisotopic (exact) mass is 363 g/mol. The average molecular weight is 364 g/mol. The number of aromatic nitrogens is 1. The van der Waals surface area contributed by atoms with Gasteiger partial charge in [-0.1, -0.05) is 28.9 Å². The number of amides is 1. The Balaban J connectivity index is 1.59. The number of carbonyl (C=O) groups is 1. The summed E-state index contributed by atoms with van der Waals surface area (Å²) in [5.74, 6) is 0.421. The predicted octanol–water partition coefficient (Wildman–Crippen LogP) is 4.54. The molecular weight excluding hydrogens is 350 g/mol. The maximum Gasteiger partial charge on any atom is 0.236 e. The van der Waals surface area contributed by atoms with Gasteiger partial charge in [-0.2, -0.15) is 5.26 Å². The Labute approximate surface area is 155 Å². The van der Waals surface area contributed by atoms with E-state index in [1.54, 1.807) is 42.5 Å². The first kappa shape index (κ1) is 16.4. The molecule has 1 aliphatic rings. The molecule has 1 N–H and O–H groups in total. The molecule has 0 aliphatic heterocycles. The van der Waals surface area contributed by atoms with Gasteiger partial charge in [0, 0.05) is 16.7 Å². The highest BCUT2D eigenvalue weighted by Crippen LogP contribution is 2.49. The summed E-state index contributed by atoms with van der Waals surface area (Å²) in [6.45, 7) is 0. The highest BCUT2D eigenvalue weighted by atomic mass is 35.5. The summed E-state index contributed by atoms with van der Waals surface area (Å²) in [6, 6.07) is 18.0. The number of hydrogen-bond acceptors (Lipinski definition) is 4. The first-order valence-corrected chi connectivity index (χ1v) is 8.54. The Hall–Kier alpha value is -3.10. The molecule has 1 heterocycles. The minimum atomic E-state index is -0.698. The Kier molecular flexibility index (Phi) is 3.98. The Morgan fingerprint density at radius 1 is 1.19 bits per heavy atom. The summed E-state index contributed by atoms with van der Waals surface area (Å²) in [4.78, 5) is 12.8. The second-order valence-electron chi connectivity index (χ2n) is 6.28. The van der Waals surface area contributed by atoms with Gasteiger partial charge in [0.15, 0.2) is 5.76 Å². The van der Waals surface area contributed by atoms with Gasteiger partial charge in [0.2, 0.25) is 5.91 Å². The maximum absolute atomic E-state index is 12.8. The summed E-state index contributed by atoms with van der Waals surface area (Å²) in [5, 5.41) is 16.8. The smallest absolute Gasteiger partial charge is 0.236 e. The summed E-state index contributed by atoms with van der Waals surface area (Å²) in [5.41, 5.74) is 1.69. The Bertz CT molecular complexity index is 1010. The van der Waals surface area contributed by atoms with Gasteiger partial charge in [0.25, 0.3) is 0 Å². The number of nitrogens with zero attached hydrogens (tertiary/aromatic N) is 2. The number of para-hydroxylation sites is 1. The minimum Gasteiger partial charge on any atom is -0.356 e. The van der Waals surface area contributed by atoms with Crippen LogP contribution in [0.3, 0.4) is 0 Å². The maximum atomic E-state index is 12.8. The van der Waals surface area contributed by atoms with Crippen molar-refractivity contribution in [3.8, 4) is 17.4 Å². The van der Waals surface area contributed by atoms with Crippen LogP contribution in [0.15, 0.2) is 59.1 Å². The van der Waals surface area contributed by atoms with E-state index in [-0.39, 0.29) is 5.91 Å². The van der Waals surface area contributed by atoms with Gasteiger partial charge in [0.05, 0.1) is 22.4 Å². The number of hydrogen-bond donors (Lipinski definition) is 1. The fraction of sp³-hybridized carbons (Fsp3) is 0.150. The zero-order chi connectivity index (χ0) is 18.1. The van der Waals surface area contributed by atoms with Crippen molar-refractivity contribution in [2.24, 2.45) is 0 Å². The molecule has 1 saturated carbocycles. The van der Waals surface area contributed by atoms with E-state index in [4.69, 9.17) is 16.1 Å². The van der Waals surface area contributed by atoms with Crippen LogP contribution in [0.25, 0.3) is 11.3 Å². The lowest BCUT2D eigenvalue weighted by Crippen LogP contribution is -2.28. The molecule has 0 unspecified atom stereocenters. The molecule has 1 aliphatic carbocycles. The second-order valence-corrected chi connectivity index (χ2v) is 6.71. The number of rotatable bonds is 4. The van der Waals surface area contributed by atoms with E-state index in [2.05, 4.69) is 16.5 Å². The molecule has 5 nitrogen and oxygen atoms in total. The average Bonchev–Trinajstić information content (AvgIpc) is 3.33. The van der Waals surface area contributed by atoms with Gasteiger partial charge in [-0.15, -0.1) is 0 Å². The number of nitriles is 1. The van der Waals surface area contributed by atoms with Crippen LogP contribution >= 0.6 is 11.6 Å². The lowest BCUT2D eigenvalue weighted by atomic mass is 10.00. The number of nitrogens with one attached hydrogen (secondary N) is 1. The molecule has 4 rings (SSSR count). The minimum absolute atomic E-state index is 0.170. The van der Waals surface area contributed by atoms with Crippen LogP contribution < -0.4 is 5.32 Å². The van der Waals surface area contributed by atoms with E-state index in [9.17, 15) is 10.1 Å². The van der Waals surface area contributed by atoms with Gasteiger partial charge in [-0.05, 0) is 49.2 Å². The van der Waals surface area contributed by atoms with Gasteiger partial charge < -0.3 is 9.84 Å². The molecule has 0 bridgehead atoms. The fourth-order valence-corrected chi connectivity index (χ4v) is 3.03. The highest BCUT2D eigenvalue weighted by molar-refractivity contribution is 6.30. The van der Waals surface area contributed by atoms with Crippen LogP contribution in [0.4, 0.5) is 5.69 Å². The Morgan fingerprint density at radius 2 is 1.92 bits per heavy atom. The molecule has 0 saturated heterocycles. The standard InChI is InChI=1S/C20H14ClN3O2/c21-15-7-5-13(6-8-15)17-11-18(24-26-17)20(9-10-20)19(25)23-16-4-2-1-3-14(16)12-22/h1-8,11H,9-10H2,(H,23,25). The third-order valence-corrected chi connectivity index (χ3v) is 4.86. The van der Waals surface area contributed by atoms with E-state index in [1.165, 1.54) is 0 Å². The lowest BCUT2D eigenvalue weighted by Gasteiger charge is -2.13. The van der Waals surface area contributed by atoms with Crippen LogP contribution in [0.5, 0.6) is 0 Å². The fourth-order valence-electron chi connectivity index (χ4n) is 2.91. The molecule has 2 aromatic carbocycles. The van der Waals surface area contributed by atoms with Crippen molar-refractivity contribution < 1.29 is 9.32 Å².